The molecule has 1 aromatic heterocycles. The molecule has 0 amide bonds. The van der Waals surface area contributed by atoms with Crippen LogP contribution in [0.4, 0.5) is 0 Å². The molecule has 0 aliphatic heterocycles. The predicted octanol–water partition coefficient (Wildman–Crippen LogP) is 2.13. The van der Waals surface area contributed by atoms with Gasteiger partial charge in [0.05, 0.1) is 19.7 Å². The van der Waals surface area contributed by atoms with Crippen molar-refractivity contribution in [2.75, 3.05) is 40.5 Å². The molecular weight excluding hydrogens is 424 g/mol. The molecule has 3 N–H and O–H groups in total. The third-order valence-corrected chi connectivity index (χ3v) is 4.94. The Morgan fingerprint density at radius 1 is 1.06 bits per heavy atom. The Bertz CT molecular complexity index is 1150. The lowest BCUT2D eigenvalue weighted by Crippen LogP contribution is -2.32. The average Bonchev–Trinajstić information content (AvgIpc) is 2.83. The molecule has 0 spiro atoms. The Kier molecular flexibility index (Phi) is 8.58. The molecule has 0 fully saturated rings. The smallest absolute Gasteiger partial charge is 0.248 e. The number of hydrogen-bond donors (Lipinski definition) is 3. The van der Waals surface area contributed by atoms with Crippen molar-refractivity contribution in [3.05, 3.63) is 58.4 Å². The van der Waals surface area contributed by atoms with Gasteiger partial charge in [-0.1, -0.05) is 5.92 Å². The number of rotatable bonds is 12. The summed E-state index contributed by atoms with van der Waals surface area (Å²) in [6, 6.07) is 12.2. The quantitative estimate of drug-likeness (QED) is 0.286. The second-order valence-electron chi connectivity index (χ2n) is 7.31. The summed E-state index contributed by atoms with van der Waals surface area (Å²) >= 11 is 0. The van der Waals surface area contributed by atoms with Crippen LogP contribution in [0.15, 0.2) is 47.3 Å². The minimum atomic E-state index is -0.722. The van der Waals surface area contributed by atoms with Gasteiger partial charge in [-0.25, -0.2) is 0 Å². The molecule has 0 radical (unpaired) electrons. The molecule has 0 saturated heterocycles. The lowest BCUT2D eigenvalue weighted by atomic mass is 10.1. The topological polar surface area (TPSA) is 102 Å². The van der Waals surface area contributed by atoms with E-state index in [0.29, 0.717) is 35.5 Å². The Hall–Kier alpha value is -3.67. The van der Waals surface area contributed by atoms with Crippen LogP contribution in [0.3, 0.4) is 0 Å². The van der Waals surface area contributed by atoms with Gasteiger partial charge in [0, 0.05) is 24.1 Å². The van der Waals surface area contributed by atoms with Gasteiger partial charge in [0.25, 0.3) is 0 Å². The van der Waals surface area contributed by atoms with Crippen LogP contribution >= 0.6 is 0 Å². The van der Waals surface area contributed by atoms with E-state index in [1.165, 1.54) is 6.07 Å². The van der Waals surface area contributed by atoms with Crippen LogP contribution in [-0.4, -0.2) is 56.7 Å². The van der Waals surface area contributed by atoms with E-state index in [1.54, 1.807) is 32.4 Å². The summed E-state index contributed by atoms with van der Waals surface area (Å²) in [6.45, 7) is 1.19. The van der Waals surface area contributed by atoms with Gasteiger partial charge in [0.2, 0.25) is 5.56 Å². The largest absolute Gasteiger partial charge is 0.497 e. The summed E-state index contributed by atoms with van der Waals surface area (Å²) in [5.41, 5.74) is 1.30. The number of aliphatic hydroxyl groups is 1. The van der Waals surface area contributed by atoms with Crippen LogP contribution in [0, 0.1) is 12.3 Å². The first-order chi connectivity index (χ1) is 16.0. The van der Waals surface area contributed by atoms with Crippen LogP contribution in [0.2, 0.25) is 0 Å². The van der Waals surface area contributed by atoms with E-state index in [9.17, 15) is 9.90 Å². The number of nitrogens with one attached hydrogen (secondary N) is 2. The van der Waals surface area contributed by atoms with Crippen LogP contribution in [0.1, 0.15) is 5.56 Å². The summed E-state index contributed by atoms with van der Waals surface area (Å²) in [5.74, 6) is 4.86. The van der Waals surface area contributed by atoms with Crippen molar-refractivity contribution in [1.82, 2.24) is 10.3 Å². The van der Waals surface area contributed by atoms with E-state index in [2.05, 4.69) is 16.2 Å². The van der Waals surface area contributed by atoms with Crippen molar-refractivity contribution in [2.45, 2.75) is 12.5 Å². The van der Waals surface area contributed by atoms with E-state index < -0.39 is 6.10 Å². The summed E-state index contributed by atoms with van der Waals surface area (Å²) < 4.78 is 21.9. The highest BCUT2D eigenvalue weighted by atomic mass is 16.5. The summed E-state index contributed by atoms with van der Waals surface area (Å²) in [5, 5.41) is 14.2. The fourth-order valence-corrected chi connectivity index (χ4v) is 3.32. The highest BCUT2D eigenvalue weighted by molar-refractivity contribution is 5.89. The molecule has 0 aliphatic carbocycles. The monoisotopic (exact) mass is 452 g/mol. The molecule has 0 aliphatic rings. The minimum Gasteiger partial charge on any atom is -0.497 e. The molecule has 1 unspecified atom stereocenters. The maximum Gasteiger partial charge on any atom is 0.248 e. The maximum atomic E-state index is 11.8. The molecule has 1 heterocycles. The standard InChI is InChI=1S/C25H28N2O6/c1-4-11-32-23-7-6-22(21-5-8-24(29)27-25(21)23)33-16-18(28)15-26-10-9-17-12-19(30-2)14-20(13-17)31-3/h1,5-8,12-14,18,26,28H,9-11,15-16H2,2-3H3,(H,27,29). The van der Waals surface area contributed by atoms with Crippen molar-refractivity contribution in [1.29, 1.82) is 0 Å². The van der Waals surface area contributed by atoms with E-state index in [-0.39, 0.29) is 18.8 Å². The number of methoxy groups -OCH3 is 2. The maximum absolute atomic E-state index is 11.8. The zero-order valence-corrected chi connectivity index (χ0v) is 18.7. The van der Waals surface area contributed by atoms with E-state index in [1.807, 2.05) is 18.2 Å². The Morgan fingerprint density at radius 2 is 1.79 bits per heavy atom. The highest BCUT2D eigenvalue weighted by Crippen LogP contribution is 2.31. The molecule has 33 heavy (non-hydrogen) atoms. The van der Waals surface area contributed by atoms with Crippen LogP contribution in [-0.2, 0) is 6.42 Å². The first kappa shape index (κ1) is 24.0. The molecule has 174 valence electrons. The van der Waals surface area contributed by atoms with E-state index >= 15 is 0 Å². The molecule has 2 aromatic carbocycles. The number of aliphatic hydroxyl groups excluding tert-OH is 1. The number of pyridine rings is 1. The predicted molar refractivity (Wildman–Crippen MR) is 127 cm³/mol. The first-order valence-corrected chi connectivity index (χ1v) is 10.5. The van der Waals surface area contributed by atoms with Crippen LogP contribution in [0.25, 0.3) is 10.9 Å². The zero-order chi connectivity index (χ0) is 23.6. The molecule has 1 atom stereocenters. The van der Waals surface area contributed by atoms with Crippen molar-refractivity contribution >= 4 is 10.9 Å². The van der Waals surface area contributed by atoms with Gasteiger partial charge >= 0.3 is 0 Å². The van der Waals surface area contributed by atoms with Crippen molar-refractivity contribution in [2.24, 2.45) is 0 Å². The second-order valence-corrected chi connectivity index (χ2v) is 7.31. The Morgan fingerprint density at radius 3 is 2.48 bits per heavy atom. The Labute approximate surface area is 192 Å². The van der Waals surface area contributed by atoms with Gasteiger partial charge in [-0.15, -0.1) is 6.42 Å². The molecule has 8 nitrogen and oxygen atoms in total. The number of benzene rings is 2. The van der Waals surface area contributed by atoms with Crippen molar-refractivity contribution < 1.29 is 24.1 Å². The van der Waals surface area contributed by atoms with E-state index in [0.717, 1.165) is 23.5 Å². The summed E-state index contributed by atoms with van der Waals surface area (Å²) in [4.78, 5) is 14.5. The molecule has 3 aromatic rings. The lowest BCUT2D eigenvalue weighted by molar-refractivity contribution is 0.107. The molecule has 8 heteroatoms. The minimum absolute atomic E-state index is 0.0821. The zero-order valence-electron chi connectivity index (χ0n) is 18.7. The highest BCUT2D eigenvalue weighted by Gasteiger charge is 2.12. The normalized spacial score (nSPS) is 11.6. The van der Waals surface area contributed by atoms with Gasteiger partial charge in [0.15, 0.2) is 0 Å². The molecular formula is C25H28N2O6. The lowest BCUT2D eigenvalue weighted by Gasteiger charge is -2.16. The van der Waals surface area contributed by atoms with Gasteiger partial charge in [-0.05, 0) is 48.9 Å². The fraction of sp³-hybridized carbons (Fsp3) is 0.320. The molecule has 0 saturated carbocycles. The summed E-state index contributed by atoms with van der Waals surface area (Å²) in [7, 11) is 3.23. The Balaban J connectivity index is 1.53. The first-order valence-electron chi connectivity index (χ1n) is 10.5. The number of hydrogen-bond acceptors (Lipinski definition) is 7. The van der Waals surface area contributed by atoms with Gasteiger partial charge in [-0.3, -0.25) is 4.79 Å². The van der Waals surface area contributed by atoms with Crippen LogP contribution in [0.5, 0.6) is 23.0 Å². The van der Waals surface area contributed by atoms with Crippen LogP contribution < -0.4 is 29.8 Å². The van der Waals surface area contributed by atoms with E-state index in [4.69, 9.17) is 25.4 Å². The second kappa shape index (κ2) is 11.8. The van der Waals surface area contributed by atoms with Gasteiger partial charge in [0.1, 0.15) is 42.3 Å². The number of fused-ring (bicyclic) bond motifs is 1. The number of H-pyrrole nitrogens is 1. The number of aromatic amines is 1. The number of ether oxygens (including phenoxy) is 4. The van der Waals surface area contributed by atoms with Gasteiger partial charge < -0.3 is 34.4 Å². The molecule has 0 bridgehead atoms. The van der Waals surface area contributed by atoms with Crippen molar-refractivity contribution in [3.63, 3.8) is 0 Å². The third-order valence-electron chi connectivity index (χ3n) is 4.94. The number of terminal acetylenes is 1. The molecule has 3 rings (SSSR count). The van der Waals surface area contributed by atoms with Gasteiger partial charge in [-0.2, -0.15) is 0 Å². The SMILES string of the molecule is C#CCOc1ccc(OCC(O)CNCCc2cc(OC)cc(OC)c2)c2ccc(=O)[nH]c12. The third kappa shape index (κ3) is 6.65. The fourth-order valence-electron chi connectivity index (χ4n) is 3.32. The van der Waals surface area contributed by atoms with Crippen molar-refractivity contribution in [3.8, 4) is 35.3 Å². The summed E-state index contributed by atoms with van der Waals surface area (Å²) in [6.07, 6.45) is 5.28. The average molecular weight is 453 g/mol. The number of aromatic nitrogens is 1.